The molecule has 2 aromatic carbocycles. The monoisotopic (exact) mass is 272 g/mol. The van der Waals surface area contributed by atoms with E-state index in [4.69, 9.17) is 9.47 Å². The number of rotatable bonds is 5. The predicted octanol–water partition coefficient (Wildman–Crippen LogP) is 3.06. The third-order valence-corrected chi connectivity index (χ3v) is 2.82. The lowest BCUT2D eigenvalue weighted by atomic mass is 10.2. The van der Waals surface area contributed by atoms with Crippen LogP contribution in [0, 0.1) is 0 Å². The maximum Gasteiger partial charge on any atom is 0.337 e. The lowest BCUT2D eigenvalue weighted by molar-refractivity contribution is 0.0600. The van der Waals surface area contributed by atoms with E-state index >= 15 is 0 Å². The van der Waals surface area contributed by atoms with Crippen LogP contribution in [0.15, 0.2) is 48.5 Å². The highest BCUT2D eigenvalue weighted by molar-refractivity contribution is 5.89. The highest BCUT2D eigenvalue weighted by Gasteiger charge is 2.04. The molecule has 0 amide bonds. The highest BCUT2D eigenvalue weighted by Crippen LogP contribution is 2.17. The topological polar surface area (TPSA) is 44.8 Å². The summed E-state index contributed by atoms with van der Waals surface area (Å²) in [4.78, 5) is 11.3. The molecule has 0 atom stereocenters. The Kier molecular flexibility index (Phi) is 4.60. The van der Waals surface area contributed by atoms with Crippen molar-refractivity contribution in [1.82, 2.24) is 0 Å². The molecular formula is C16H16O4. The van der Waals surface area contributed by atoms with Crippen LogP contribution in [0.25, 0.3) is 0 Å². The summed E-state index contributed by atoms with van der Waals surface area (Å²) in [5, 5.41) is 0. The van der Waals surface area contributed by atoms with Gasteiger partial charge in [-0.2, -0.15) is 0 Å². The van der Waals surface area contributed by atoms with Crippen molar-refractivity contribution in [2.45, 2.75) is 6.61 Å². The molecular weight excluding hydrogens is 256 g/mol. The lowest BCUT2D eigenvalue weighted by Gasteiger charge is -2.08. The standard InChI is InChI=1S/C16H16O4/c1-18-15-5-3-4-12(10-15)11-20-14-8-6-13(7-9-14)16(17)19-2/h3-10H,11H2,1-2H3. The van der Waals surface area contributed by atoms with Crippen molar-refractivity contribution in [3.05, 3.63) is 59.7 Å². The van der Waals surface area contributed by atoms with Crippen LogP contribution in [0.3, 0.4) is 0 Å². The van der Waals surface area contributed by atoms with Gasteiger partial charge < -0.3 is 14.2 Å². The molecule has 0 heterocycles. The number of carbonyl (C=O) groups excluding carboxylic acids is 1. The van der Waals surface area contributed by atoms with Gasteiger partial charge in [0, 0.05) is 0 Å². The fraction of sp³-hybridized carbons (Fsp3) is 0.188. The summed E-state index contributed by atoms with van der Waals surface area (Å²) in [6, 6.07) is 14.5. The first-order chi connectivity index (χ1) is 9.72. The second kappa shape index (κ2) is 6.61. The Morgan fingerprint density at radius 1 is 1.00 bits per heavy atom. The van der Waals surface area contributed by atoms with E-state index in [2.05, 4.69) is 4.74 Å². The molecule has 0 aliphatic heterocycles. The van der Waals surface area contributed by atoms with Gasteiger partial charge >= 0.3 is 5.97 Å². The van der Waals surface area contributed by atoms with Gasteiger partial charge in [-0.3, -0.25) is 0 Å². The fourth-order valence-corrected chi connectivity index (χ4v) is 1.73. The Balaban J connectivity index is 1.98. The van der Waals surface area contributed by atoms with E-state index < -0.39 is 0 Å². The number of methoxy groups -OCH3 is 2. The Hall–Kier alpha value is -2.49. The van der Waals surface area contributed by atoms with Gasteiger partial charge in [-0.25, -0.2) is 4.79 Å². The molecule has 2 aromatic rings. The number of ether oxygens (including phenoxy) is 3. The van der Waals surface area contributed by atoms with Gasteiger partial charge in [-0.1, -0.05) is 12.1 Å². The molecule has 4 nitrogen and oxygen atoms in total. The van der Waals surface area contributed by atoms with Crippen LogP contribution in [0.1, 0.15) is 15.9 Å². The van der Waals surface area contributed by atoms with E-state index in [-0.39, 0.29) is 5.97 Å². The van der Waals surface area contributed by atoms with Gasteiger partial charge in [0.05, 0.1) is 19.8 Å². The average Bonchev–Trinajstić information content (AvgIpc) is 2.53. The molecule has 0 aliphatic rings. The molecule has 0 saturated heterocycles. The molecule has 0 bridgehead atoms. The predicted molar refractivity (Wildman–Crippen MR) is 75.1 cm³/mol. The quantitative estimate of drug-likeness (QED) is 0.785. The van der Waals surface area contributed by atoms with E-state index in [0.29, 0.717) is 17.9 Å². The van der Waals surface area contributed by atoms with Gasteiger partial charge in [0.2, 0.25) is 0 Å². The Morgan fingerprint density at radius 2 is 1.75 bits per heavy atom. The summed E-state index contributed by atoms with van der Waals surface area (Å²) in [5.74, 6) is 1.14. The van der Waals surface area contributed by atoms with Crippen molar-refractivity contribution >= 4 is 5.97 Å². The molecule has 2 rings (SSSR count). The van der Waals surface area contributed by atoms with Crippen LogP contribution in [0.5, 0.6) is 11.5 Å². The number of carbonyl (C=O) groups is 1. The van der Waals surface area contributed by atoms with Gasteiger partial charge in [0.15, 0.2) is 0 Å². The summed E-state index contributed by atoms with van der Waals surface area (Å²) in [6.45, 7) is 0.439. The van der Waals surface area contributed by atoms with Crippen molar-refractivity contribution in [1.29, 1.82) is 0 Å². The molecule has 4 heteroatoms. The minimum atomic E-state index is -0.357. The average molecular weight is 272 g/mol. The fourth-order valence-electron chi connectivity index (χ4n) is 1.73. The van der Waals surface area contributed by atoms with Crippen LogP contribution >= 0.6 is 0 Å². The first-order valence-corrected chi connectivity index (χ1v) is 6.17. The van der Waals surface area contributed by atoms with Crippen LogP contribution in [-0.4, -0.2) is 20.2 Å². The molecule has 104 valence electrons. The minimum Gasteiger partial charge on any atom is -0.497 e. The summed E-state index contributed by atoms with van der Waals surface area (Å²) in [7, 11) is 2.99. The number of benzene rings is 2. The molecule has 20 heavy (non-hydrogen) atoms. The minimum absolute atomic E-state index is 0.357. The number of esters is 1. The zero-order valence-electron chi connectivity index (χ0n) is 11.5. The zero-order chi connectivity index (χ0) is 14.4. The van der Waals surface area contributed by atoms with Crippen LogP contribution < -0.4 is 9.47 Å². The molecule has 0 unspecified atom stereocenters. The number of hydrogen-bond acceptors (Lipinski definition) is 4. The Labute approximate surface area is 117 Å². The largest absolute Gasteiger partial charge is 0.497 e. The summed E-state index contributed by atoms with van der Waals surface area (Å²) in [5.41, 5.74) is 1.52. The van der Waals surface area contributed by atoms with E-state index in [9.17, 15) is 4.79 Å². The molecule has 0 radical (unpaired) electrons. The van der Waals surface area contributed by atoms with Gasteiger partial charge in [0.1, 0.15) is 18.1 Å². The van der Waals surface area contributed by atoms with Crippen LogP contribution in [-0.2, 0) is 11.3 Å². The highest BCUT2D eigenvalue weighted by atomic mass is 16.5. The van der Waals surface area contributed by atoms with Crippen molar-refractivity contribution in [2.75, 3.05) is 14.2 Å². The second-order valence-corrected chi connectivity index (χ2v) is 4.16. The van der Waals surface area contributed by atoms with Crippen molar-refractivity contribution < 1.29 is 19.0 Å². The van der Waals surface area contributed by atoms with Gasteiger partial charge in [-0.05, 0) is 42.0 Å². The third-order valence-electron chi connectivity index (χ3n) is 2.82. The Bertz CT molecular complexity index is 575. The smallest absolute Gasteiger partial charge is 0.337 e. The molecule has 0 aliphatic carbocycles. The molecule has 0 N–H and O–H groups in total. The van der Waals surface area contributed by atoms with Crippen LogP contribution in [0.2, 0.25) is 0 Å². The van der Waals surface area contributed by atoms with E-state index in [0.717, 1.165) is 11.3 Å². The molecule has 0 saturated carbocycles. The molecule has 0 aromatic heterocycles. The lowest BCUT2D eigenvalue weighted by Crippen LogP contribution is -2.01. The maximum absolute atomic E-state index is 11.3. The number of hydrogen-bond donors (Lipinski definition) is 0. The van der Waals surface area contributed by atoms with Crippen molar-refractivity contribution in [3.8, 4) is 11.5 Å². The van der Waals surface area contributed by atoms with Crippen molar-refractivity contribution in [3.63, 3.8) is 0 Å². The Morgan fingerprint density at radius 3 is 2.40 bits per heavy atom. The SMILES string of the molecule is COC(=O)c1ccc(OCc2cccc(OC)c2)cc1. The maximum atomic E-state index is 11.3. The van der Waals surface area contributed by atoms with Crippen LogP contribution in [0.4, 0.5) is 0 Å². The van der Waals surface area contributed by atoms with Gasteiger partial charge in [0.25, 0.3) is 0 Å². The van der Waals surface area contributed by atoms with E-state index in [1.165, 1.54) is 7.11 Å². The summed E-state index contributed by atoms with van der Waals surface area (Å²) >= 11 is 0. The van der Waals surface area contributed by atoms with Crippen molar-refractivity contribution in [2.24, 2.45) is 0 Å². The first kappa shape index (κ1) is 13.9. The van der Waals surface area contributed by atoms with E-state index in [1.807, 2.05) is 24.3 Å². The first-order valence-electron chi connectivity index (χ1n) is 6.17. The zero-order valence-corrected chi connectivity index (χ0v) is 11.5. The normalized spacial score (nSPS) is 9.90. The summed E-state index contributed by atoms with van der Waals surface area (Å²) in [6.07, 6.45) is 0. The second-order valence-electron chi connectivity index (χ2n) is 4.16. The summed E-state index contributed by atoms with van der Waals surface area (Å²) < 4.78 is 15.4. The van der Waals surface area contributed by atoms with Gasteiger partial charge in [-0.15, -0.1) is 0 Å². The molecule has 0 fully saturated rings. The molecule has 0 spiro atoms. The van der Waals surface area contributed by atoms with E-state index in [1.54, 1.807) is 31.4 Å². The third kappa shape index (κ3) is 3.51.